The van der Waals surface area contributed by atoms with Gasteiger partial charge >= 0.3 is 0 Å². The second-order valence-electron chi connectivity index (χ2n) is 5.17. The Morgan fingerprint density at radius 2 is 2.00 bits per heavy atom. The average molecular weight is 270 g/mol. The van der Waals surface area contributed by atoms with Gasteiger partial charge in [-0.1, -0.05) is 31.5 Å². The lowest BCUT2D eigenvalue weighted by atomic mass is 9.81. The monoisotopic (exact) mass is 269 g/mol. The van der Waals surface area contributed by atoms with Crippen LogP contribution < -0.4 is 5.73 Å². The zero-order chi connectivity index (χ0) is 12.4. The minimum atomic E-state index is 0.670. The van der Waals surface area contributed by atoms with Crippen LogP contribution in [0.15, 0.2) is 23.1 Å². The Kier molecular flexibility index (Phi) is 4.26. The standard InChI is InChI=1S/C14H20ClNS/c1-9-6-7-11(8-10(9)2)17-14-12(15)4-3-5-13(14)16/h3-5,9-11H,6-8,16H2,1-2H3. The molecule has 2 N–H and O–H groups in total. The van der Waals surface area contributed by atoms with E-state index in [1.54, 1.807) is 0 Å². The van der Waals surface area contributed by atoms with Gasteiger partial charge < -0.3 is 5.73 Å². The van der Waals surface area contributed by atoms with E-state index in [0.29, 0.717) is 5.25 Å². The summed E-state index contributed by atoms with van der Waals surface area (Å²) in [5.74, 6) is 1.67. The molecule has 3 unspecified atom stereocenters. The normalized spacial score (nSPS) is 29.2. The summed E-state index contributed by atoms with van der Waals surface area (Å²) in [4.78, 5) is 1.07. The summed E-state index contributed by atoms with van der Waals surface area (Å²) < 4.78 is 0. The highest BCUT2D eigenvalue weighted by atomic mass is 35.5. The van der Waals surface area contributed by atoms with Crippen molar-refractivity contribution in [3.8, 4) is 0 Å². The molecule has 1 aliphatic rings. The van der Waals surface area contributed by atoms with Crippen molar-refractivity contribution in [2.45, 2.75) is 43.3 Å². The minimum Gasteiger partial charge on any atom is -0.398 e. The largest absolute Gasteiger partial charge is 0.398 e. The summed E-state index contributed by atoms with van der Waals surface area (Å²) in [6.45, 7) is 4.71. The van der Waals surface area contributed by atoms with Gasteiger partial charge in [-0.25, -0.2) is 0 Å². The molecule has 1 aliphatic carbocycles. The third-order valence-electron chi connectivity index (χ3n) is 3.83. The lowest BCUT2D eigenvalue weighted by molar-refractivity contribution is 0.283. The van der Waals surface area contributed by atoms with Crippen molar-refractivity contribution in [2.75, 3.05) is 5.73 Å². The zero-order valence-corrected chi connectivity index (χ0v) is 12.0. The van der Waals surface area contributed by atoms with E-state index in [-0.39, 0.29) is 0 Å². The number of hydrogen-bond acceptors (Lipinski definition) is 2. The maximum Gasteiger partial charge on any atom is 0.0562 e. The molecule has 0 saturated heterocycles. The number of halogens is 1. The second kappa shape index (κ2) is 5.53. The van der Waals surface area contributed by atoms with E-state index < -0.39 is 0 Å². The van der Waals surface area contributed by atoms with Gasteiger partial charge in [-0.05, 0) is 43.2 Å². The predicted molar refractivity (Wildman–Crippen MR) is 77.7 cm³/mol. The van der Waals surface area contributed by atoms with E-state index in [4.69, 9.17) is 17.3 Å². The molecule has 1 aromatic carbocycles. The number of hydrogen-bond donors (Lipinski definition) is 1. The predicted octanol–water partition coefficient (Wildman–Crippen LogP) is 4.84. The third-order valence-corrected chi connectivity index (χ3v) is 5.71. The van der Waals surface area contributed by atoms with E-state index in [1.165, 1.54) is 19.3 Å². The van der Waals surface area contributed by atoms with Gasteiger partial charge in [0.15, 0.2) is 0 Å². The Labute approximate surface area is 113 Å². The lowest BCUT2D eigenvalue weighted by Gasteiger charge is -2.32. The molecule has 3 atom stereocenters. The van der Waals surface area contributed by atoms with Gasteiger partial charge in [0.05, 0.1) is 5.02 Å². The van der Waals surface area contributed by atoms with Crippen molar-refractivity contribution in [3.05, 3.63) is 23.2 Å². The second-order valence-corrected chi connectivity index (χ2v) is 6.88. The molecule has 0 aliphatic heterocycles. The Morgan fingerprint density at radius 3 is 2.65 bits per heavy atom. The third kappa shape index (κ3) is 3.11. The molecular weight excluding hydrogens is 250 g/mol. The van der Waals surface area contributed by atoms with Gasteiger partial charge in [-0.3, -0.25) is 0 Å². The van der Waals surface area contributed by atoms with Gasteiger partial charge in [0, 0.05) is 15.8 Å². The SMILES string of the molecule is CC1CCC(Sc2c(N)cccc2Cl)CC1C. The van der Waals surface area contributed by atoms with Crippen molar-refractivity contribution in [3.63, 3.8) is 0 Å². The molecule has 2 rings (SSSR count). The molecule has 0 heterocycles. The van der Waals surface area contributed by atoms with Crippen molar-refractivity contribution >= 4 is 29.1 Å². The van der Waals surface area contributed by atoms with Crippen LogP contribution in [0.3, 0.4) is 0 Å². The van der Waals surface area contributed by atoms with Gasteiger partial charge in [0.25, 0.3) is 0 Å². The van der Waals surface area contributed by atoms with Crippen LogP contribution in [0.25, 0.3) is 0 Å². The molecule has 0 amide bonds. The van der Waals surface area contributed by atoms with Gasteiger partial charge in [0.2, 0.25) is 0 Å². The fraction of sp³-hybridized carbons (Fsp3) is 0.571. The van der Waals surface area contributed by atoms with Crippen molar-refractivity contribution < 1.29 is 0 Å². The molecule has 0 bridgehead atoms. The smallest absolute Gasteiger partial charge is 0.0562 e. The summed E-state index contributed by atoms with van der Waals surface area (Å²) in [6, 6.07) is 5.77. The first-order valence-electron chi connectivity index (χ1n) is 6.28. The maximum absolute atomic E-state index is 6.21. The van der Waals surface area contributed by atoms with Crippen LogP contribution in [0, 0.1) is 11.8 Å². The van der Waals surface area contributed by atoms with Gasteiger partial charge in [-0.15, -0.1) is 11.8 Å². The molecule has 1 nitrogen and oxygen atoms in total. The van der Waals surface area contributed by atoms with Crippen LogP contribution in [0.2, 0.25) is 5.02 Å². The topological polar surface area (TPSA) is 26.0 Å². The number of rotatable bonds is 2. The minimum absolute atomic E-state index is 0.670. The number of nitrogen functional groups attached to an aromatic ring is 1. The quantitative estimate of drug-likeness (QED) is 0.778. The van der Waals surface area contributed by atoms with Crippen LogP contribution in [-0.4, -0.2) is 5.25 Å². The fourth-order valence-corrected chi connectivity index (χ4v) is 4.11. The maximum atomic E-state index is 6.21. The van der Waals surface area contributed by atoms with Crippen LogP contribution in [-0.2, 0) is 0 Å². The van der Waals surface area contributed by atoms with Crippen molar-refractivity contribution in [1.82, 2.24) is 0 Å². The molecule has 0 aromatic heterocycles. The van der Waals surface area contributed by atoms with Crippen LogP contribution in [0.5, 0.6) is 0 Å². The molecule has 17 heavy (non-hydrogen) atoms. The van der Waals surface area contributed by atoms with Crippen molar-refractivity contribution in [1.29, 1.82) is 0 Å². The summed E-state index contributed by atoms with van der Waals surface area (Å²) in [5, 5.41) is 1.46. The molecule has 3 heteroatoms. The van der Waals surface area contributed by atoms with Gasteiger partial charge in [0.1, 0.15) is 0 Å². The number of benzene rings is 1. The Balaban J connectivity index is 2.06. The molecule has 1 saturated carbocycles. The first kappa shape index (κ1) is 13.1. The first-order valence-corrected chi connectivity index (χ1v) is 7.54. The summed E-state index contributed by atoms with van der Waals surface area (Å²) >= 11 is 8.08. The lowest BCUT2D eigenvalue weighted by Crippen LogP contribution is -2.22. The molecule has 94 valence electrons. The highest BCUT2D eigenvalue weighted by molar-refractivity contribution is 8.00. The molecule has 1 fully saturated rings. The number of thioether (sulfide) groups is 1. The van der Waals surface area contributed by atoms with E-state index in [1.807, 2.05) is 30.0 Å². The summed E-state index contributed by atoms with van der Waals surface area (Å²) in [7, 11) is 0. The highest BCUT2D eigenvalue weighted by Gasteiger charge is 2.26. The van der Waals surface area contributed by atoms with Crippen LogP contribution in [0.4, 0.5) is 5.69 Å². The van der Waals surface area contributed by atoms with Crippen LogP contribution >= 0.6 is 23.4 Å². The Morgan fingerprint density at radius 1 is 1.24 bits per heavy atom. The van der Waals surface area contributed by atoms with Gasteiger partial charge in [-0.2, -0.15) is 0 Å². The first-order chi connectivity index (χ1) is 8.08. The van der Waals surface area contributed by atoms with E-state index in [9.17, 15) is 0 Å². The molecule has 0 spiro atoms. The average Bonchev–Trinajstić information content (AvgIpc) is 2.28. The Bertz CT molecular complexity index is 374. The zero-order valence-electron chi connectivity index (χ0n) is 10.4. The summed E-state index contributed by atoms with van der Waals surface area (Å²) in [5.41, 5.74) is 6.81. The van der Waals surface area contributed by atoms with E-state index in [0.717, 1.165) is 27.4 Å². The van der Waals surface area contributed by atoms with E-state index >= 15 is 0 Å². The fourth-order valence-electron chi connectivity index (χ4n) is 2.42. The number of nitrogens with two attached hydrogens (primary N) is 1. The Hall–Kier alpha value is -0.340. The summed E-state index contributed by atoms with van der Waals surface area (Å²) in [6.07, 6.45) is 3.88. The van der Waals surface area contributed by atoms with E-state index in [2.05, 4.69) is 13.8 Å². The molecule has 0 radical (unpaired) electrons. The van der Waals surface area contributed by atoms with Crippen molar-refractivity contribution in [2.24, 2.45) is 11.8 Å². The molecule has 1 aromatic rings. The number of anilines is 1. The molecular formula is C14H20ClNS. The van der Waals surface area contributed by atoms with Crippen LogP contribution in [0.1, 0.15) is 33.1 Å². The highest BCUT2D eigenvalue weighted by Crippen LogP contribution is 2.42.